The maximum Gasteiger partial charge on any atom is 0.352 e. The number of fused-ring (bicyclic) bond motifs is 1. The molecule has 0 amide bonds. The molecular weight excluding hydrogens is 478 g/mol. The lowest BCUT2D eigenvalue weighted by Crippen LogP contribution is -2.13. The molecule has 2 aromatic heterocycles. The number of anilines is 1. The number of pyridine rings is 1. The second-order valence-electron chi connectivity index (χ2n) is 9.30. The van der Waals surface area contributed by atoms with Crippen molar-refractivity contribution in [3.8, 4) is 22.8 Å². The third kappa shape index (κ3) is 5.57. The van der Waals surface area contributed by atoms with E-state index in [1.54, 1.807) is 16.8 Å². The minimum absolute atomic E-state index is 0.197. The van der Waals surface area contributed by atoms with Gasteiger partial charge in [0.25, 0.3) is 0 Å². The van der Waals surface area contributed by atoms with Crippen molar-refractivity contribution in [2.24, 2.45) is 5.92 Å². The van der Waals surface area contributed by atoms with Crippen LogP contribution in [0.1, 0.15) is 30.8 Å². The molecular formula is C31H31N3O4. The summed E-state index contributed by atoms with van der Waals surface area (Å²) in [5, 5.41) is 14.2. The first kappa shape index (κ1) is 25.1. The van der Waals surface area contributed by atoms with Crippen LogP contribution in [0.25, 0.3) is 22.2 Å². The molecule has 0 radical (unpaired) electrons. The summed E-state index contributed by atoms with van der Waals surface area (Å²) in [5.41, 5.74) is 4.77. The van der Waals surface area contributed by atoms with Crippen LogP contribution in [0, 0.1) is 5.92 Å². The number of carboxylic acid groups (broad SMARTS) is 1. The highest BCUT2D eigenvalue weighted by molar-refractivity contribution is 6.00. The number of allylic oxidation sites excluding steroid dienone is 4. The lowest BCUT2D eigenvalue weighted by molar-refractivity contribution is 0.0684. The molecule has 0 fully saturated rings. The number of aromatic carboxylic acids is 1. The van der Waals surface area contributed by atoms with E-state index in [1.807, 2.05) is 61.5 Å². The van der Waals surface area contributed by atoms with E-state index >= 15 is 0 Å². The van der Waals surface area contributed by atoms with Gasteiger partial charge in [-0.3, -0.25) is 4.98 Å². The molecule has 0 spiro atoms. The third-order valence-corrected chi connectivity index (χ3v) is 6.49. The summed E-state index contributed by atoms with van der Waals surface area (Å²) in [4.78, 5) is 16.7. The number of carbonyl (C=O) groups is 1. The number of hydrogen-bond donors (Lipinski definition) is 2. The molecule has 38 heavy (non-hydrogen) atoms. The van der Waals surface area contributed by atoms with Gasteiger partial charge in [-0.1, -0.05) is 31.2 Å². The van der Waals surface area contributed by atoms with Gasteiger partial charge < -0.3 is 24.5 Å². The van der Waals surface area contributed by atoms with E-state index in [0.717, 1.165) is 40.1 Å². The molecule has 7 nitrogen and oxygen atoms in total. The molecule has 0 saturated heterocycles. The summed E-state index contributed by atoms with van der Waals surface area (Å²) in [5.74, 6) is 1.01. The summed E-state index contributed by atoms with van der Waals surface area (Å²) in [7, 11) is 0. The van der Waals surface area contributed by atoms with Gasteiger partial charge in [-0.05, 0) is 73.9 Å². The van der Waals surface area contributed by atoms with Crippen molar-refractivity contribution in [2.75, 3.05) is 18.5 Å². The van der Waals surface area contributed by atoms with Crippen LogP contribution in [0.2, 0.25) is 0 Å². The van der Waals surface area contributed by atoms with E-state index in [-0.39, 0.29) is 5.69 Å². The highest BCUT2D eigenvalue weighted by atomic mass is 16.5. The van der Waals surface area contributed by atoms with Crippen LogP contribution in [-0.2, 0) is 6.54 Å². The number of aromatic nitrogens is 2. The van der Waals surface area contributed by atoms with Crippen molar-refractivity contribution in [3.63, 3.8) is 0 Å². The highest BCUT2D eigenvalue weighted by Gasteiger charge is 2.18. The van der Waals surface area contributed by atoms with Crippen molar-refractivity contribution in [1.29, 1.82) is 0 Å². The Morgan fingerprint density at radius 1 is 1.11 bits per heavy atom. The number of carboxylic acids is 1. The Morgan fingerprint density at radius 2 is 1.95 bits per heavy atom. The predicted octanol–water partition coefficient (Wildman–Crippen LogP) is 6.77. The molecule has 2 heterocycles. The van der Waals surface area contributed by atoms with E-state index in [0.29, 0.717) is 31.4 Å². The summed E-state index contributed by atoms with van der Waals surface area (Å²) in [6, 6.07) is 19.0. The van der Waals surface area contributed by atoms with Crippen molar-refractivity contribution >= 4 is 22.6 Å². The molecule has 0 bridgehead atoms. The summed E-state index contributed by atoms with van der Waals surface area (Å²) < 4.78 is 13.4. The second kappa shape index (κ2) is 11.3. The van der Waals surface area contributed by atoms with E-state index < -0.39 is 5.97 Å². The SMILES string of the molecule is CCOc1cccc(-c2nccc3c2cc(C(=O)O)n3CCOc2ccc(NC3=CC=CC(C)C3)cc2)c1. The third-order valence-electron chi connectivity index (χ3n) is 6.49. The van der Waals surface area contributed by atoms with E-state index in [4.69, 9.17) is 9.47 Å². The fraction of sp³-hybridized carbons (Fsp3) is 0.226. The Bertz CT molecular complexity index is 1500. The Labute approximate surface area is 222 Å². The van der Waals surface area contributed by atoms with E-state index in [2.05, 4.69) is 35.5 Å². The van der Waals surface area contributed by atoms with Gasteiger partial charge in [-0.25, -0.2) is 4.79 Å². The molecule has 194 valence electrons. The maximum absolute atomic E-state index is 12.1. The lowest BCUT2D eigenvalue weighted by atomic mass is 10.0. The average molecular weight is 510 g/mol. The number of rotatable bonds is 10. The molecule has 7 heteroatoms. The monoisotopic (exact) mass is 509 g/mol. The zero-order chi connectivity index (χ0) is 26.5. The van der Waals surface area contributed by atoms with Crippen LogP contribution in [0.3, 0.4) is 0 Å². The molecule has 1 aliphatic rings. The van der Waals surface area contributed by atoms with Crippen molar-refractivity contribution < 1.29 is 19.4 Å². The zero-order valence-electron chi connectivity index (χ0n) is 21.6. The molecule has 2 aromatic carbocycles. The Kier molecular flexibility index (Phi) is 7.45. The number of nitrogens with one attached hydrogen (secondary N) is 1. The largest absolute Gasteiger partial charge is 0.494 e. The average Bonchev–Trinajstić information content (AvgIpc) is 3.29. The number of ether oxygens (including phenoxy) is 2. The van der Waals surface area contributed by atoms with Crippen LogP contribution >= 0.6 is 0 Å². The predicted molar refractivity (Wildman–Crippen MR) is 150 cm³/mol. The van der Waals surface area contributed by atoms with Crippen LogP contribution in [0.5, 0.6) is 11.5 Å². The Hall–Kier alpha value is -4.52. The Morgan fingerprint density at radius 3 is 2.71 bits per heavy atom. The van der Waals surface area contributed by atoms with Gasteiger partial charge >= 0.3 is 5.97 Å². The normalized spacial score (nSPS) is 14.8. The van der Waals surface area contributed by atoms with Gasteiger partial charge in [0.1, 0.15) is 23.8 Å². The van der Waals surface area contributed by atoms with Crippen molar-refractivity contribution in [1.82, 2.24) is 9.55 Å². The first-order valence-corrected chi connectivity index (χ1v) is 12.8. The van der Waals surface area contributed by atoms with Gasteiger partial charge in [0.2, 0.25) is 0 Å². The Balaban J connectivity index is 1.32. The molecule has 1 aliphatic carbocycles. The van der Waals surface area contributed by atoms with Crippen LogP contribution < -0.4 is 14.8 Å². The number of hydrogen-bond acceptors (Lipinski definition) is 5. The molecule has 5 rings (SSSR count). The summed E-state index contributed by atoms with van der Waals surface area (Å²) in [6.45, 7) is 5.40. The minimum atomic E-state index is -0.994. The smallest absolute Gasteiger partial charge is 0.352 e. The molecule has 2 N–H and O–H groups in total. The molecule has 4 aromatic rings. The van der Waals surface area contributed by atoms with E-state index in [1.165, 1.54) is 5.70 Å². The second-order valence-corrected chi connectivity index (χ2v) is 9.30. The zero-order valence-corrected chi connectivity index (χ0v) is 21.6. The van der Waals surface area contributed by atoms with Gasteiger partial charge in [-0.2, -0.15) is 0 Å². The van der Waals surface area contributed by atoms with Gasteiger partial charge in [0, 0.05) is 28.5 Å². The van der Waals surface area contributed by atoms with Gasteiger partial charge in [-0.15, -0.1) is 0 Å². The molecule has 1 atom stereocenters. The highest BCUT2D eigenvalue weighted by Crippen LogP contribution is 2.31. The van der Waals surface area contributed by atoms with Gasteiger partial charge in [0.15, 0.2) is 0 Å². The van der Waals surface area contributed by atoms with Crippen LogP contribution in [0.4, 0.5) is 5.69 Å². The molecule has 1 unspecified atom stereocenters. The van der Waals surface area contributed by atoms with E-state index in [9.17, 15) is 9.90 Å². The number of benzene rings is 2. The van der Waals surface area contributed by atoms with Crippen LogP contribution in [-0.4, -0.2) is 33.8 Å². The number of nitrogens with zero attached hydrogens (tertiary/aromatic N) is 2. The molecule has 0 saturated carbocycles. The van der Waals surface area contributed by atoms with Crippen molar-refractivity contribution in [2.45, 2.75) is 26.8 Å². The fourth-order valence-electron chi connectivity index (χ4n) is 4.74. The first-order valence-electron chi connectivity index (χ1n) is 12.8. The van der Waals surface area contributed by atoms with Gasteiger partial charge in [0.05, 0.1) is 24.4 Å². The standard InChI is InChI=1S/C31H31N3O4/c1-3-37-26-9-5-7-22(19-26)30-27-20-29(31(35)36)34(28(27)14-15-32-30)16-17-38-25-12-10-23(11-13-25)33-24-8-4-6-21(2)18-24/h4-15,19-21,33H,3,16-18H2,1-2H3,(H,35,36). The minimum Gasteiger partial charge on any atom is -0.494 e. The summed E-state index contributed by atoms with van der Waals surface area (Å²) in [6.07, 6.45) is 9.07. The maximum atomic E-state index is 12.1. The van der Waals surface area contributed by atoms with Crippen LogP contribution in [0.15, 0.2) is 90.8 Å². The van der Waals surface area contributed by atoms with Crippen molar-refractivity contribution in [3.05, 3.63) is 96.5 Å². The fourth-order valence-corrected chi connectivity index (χ4v) is 4.74. The summed E-state index contributed by atoms with van der Waals surface area (Å²) >= 11 is 0. The quantitative estimate of drug-likeness (QED) is 0.245. The lowest BCUT2D eigenvalue weighted by Gasteiger charge is -2.17. The first-order chi connectivity index (χ1) is 18.5. The molecule has 0 aliphatic heterocycles. The topological polar surface area (TPSA) is 85.6 Å².